The highest BCUT2D eigenvalue weighted by molar-refractivity contribution is 5.79. The zero-order valence-electron chi connectivity index (χ0n) is 23.5. The van der Waals surface area contributed by atoms with E-state index < -0.39 is 47.9 Å². The number of hydrogen-bond donors (Lipinski definition) is 0. The van der Waals surface area contributed by atoms with E-state index in [0.29, 0.717) is 13.2 Å². The lowest BCUT2D eigenvalue weighted by Gasteiger charge is -2.44. The van der Waals surface area contributed by atoms with E-state index in [1.54, 1.807) is 0 Å². The number of carbonyl (C=O) groups is 1. The average molecular weight is 547 g/mol. The Morgan fingerprint density at radius 3 is 1.62 bits per heavy atom. The van der Waals surface area contributed by atoms with Gasteiger partial charge in [-0.15, -0.1) is 0 Å². The monoisotopic (exact) mass is 546 g/mol. The summed E-state index contributed by atoms with van der Waals surface area (Å²) in [7, 11) is 0. The maximum absolute atomic E-state index is 13.1. The molecule has 0 radical (unpaired) electrons. The number of carbonyl (C=O) groups excluding carboxylic acids is 1. The van der Waals surface area contributed by atoms with Crippen molar-refractivity contribution in [3.05, 3.63) is 108 Å². The molecule has 2 aliphatic heterocycles. The summed E-state index contributed by atoms with van der Waals surface area (Å²) in [5.74, 6) is -1.83. The van der Waals surface area contributed by atoms with Gasteiger partial charge in [-0.3, -0.25) is 0 Å². The quantitative estimate of drug-likeness (QED) is 0.242. The molecule has 212 valence electrons. The topological polar surface area (TPSA) is 75.8 Å². The summed E-state index contributed by atoms with van der Waals surface area (Å²) in [6, 6.07) is 29.7. The summed E-state index contributed by atoms with van der Waals surface area (Å²) < 4.78 is 37.8. The molecule has 5 rings (SSSR count). The smallest absolute Gasteiger partial charge is 0.341 e. The molecule has 0 N–H and O–H groups in total. The van der Waals surface area contributed by atoms with Gasteiger partial charge in [-0.05, 0) is 44.4 Å². The highest BCUT2D eigenvalue weighted by atomic mass is 16.8. The van der Waals surface area contributed by atoms with Crippen LogP contribution in [0.15, 0.2) is 91.0 Å². The molecule has 0 aliphatic carbocycles. The van der Waals surface area contributed by atoms with Crippen molar-refractivity contribution in [2.24, 2.45) is 0 Å². The van der Waals surface area contributed by atoms with Crippen molar-refractivity contribution in [2.75, 3.05) is 0 Å². The summed E-state index contributed by atoms with van der Waals surface area (Å²) in [6.45, 7) is 8.39. The first-order valence-electron chi connectivity index (χ1n) is 13.8. The van der Waals surface area contributed by atoms with Gasteiger partial charge in [0.05, 0.1) is 25.9 Å². The van der Waals surface area contributed by atoms with Crippen molar-refractivity contribution < 1.29 is 33.2 Å². The van der Waals surface area contributed by atoms with Crippen LogP contribution in [0, 0.1) is 0 Å². The Morgan fingerprint density at radius 2 is 1.15 bits per heavy atom. The van der Waals surface area contributed by atoms with E-state index in [2.05, 4.69) is 0 Å². The third-order valence-corrected chi connectivity index (χ3v) is 6.93. The molecule has 3 aromatic carbocycles. The van der Waals surface area contributed by atoms with Gasteiger partial charge < -0.3 is 28.4 Å². The molecule has 2 fully saturated rings. The predicted octanol–water partition coefficient (Wildman–Crippen LogP) is 5.60. The lowest BCUT2D eigenvalue weighted by atomic mass is 9.92. The molecular formula is C33H38O7. The van der Waals surface area contributed by atoms with Crippen LogP contribution in [0.25, 0.3) is 0 Å². The van der Waals surface area contributed by atoms with Gasteiger partial charge in [0.15, 0.2) is 0 Å². The number of rotatable bonds is 10. The summed E-state index contributed by atoms with van der Waals surface area (Å²) in [6.07, 6.45) is -3.23. The van der Waals surface area contributed by atoms with Gasteiger partial charge in [0, 0.05) is 0 Å². The zero-order valence-corrected chi connectivity index (χ0v) is 23.5. The SMILES string of the molecule is C[C@@H]1O[C@]2(O[C@H]2C(=O)OC(C)(C)C)[C@@H](OCc2ccccc2)[C@H](OCc2ccccc2)[C@@H]1OCc1ccccc1. The number of esters is 1. The average Bonchev–Trinajstić information content (AvgIpc) is 3.66. The fraction of sp³-hybridized carbons (Fsp3) is 0.424. The minimum Gasteiger partial charge on any atom is -0.458 e. The third-order valence-electron chi connectivity index (χ3n) is 6.93. The Balaban J connectivity index is 1.44. The third kappa shape index (κ3) is 6.79. The van der Waals surface area contributed by atoms with E-state index in [-0.39, 0.29) is 6.61 Å². The molecule has 0 unspecified atom stereocenters. The van der Waals surface area contributed by atoms with Crippen molar-refractivity contribution in [3.63, 3.8) is 0 Å². The van der Waals surface area contributed by atoms with E-state index in [1.165, 1.54) is 0 Å². The van der Waals surface area contributed by atoms with E-state index >= 15 is 0 Å². The van der Waals surface area contributed by atoms with Gasteiger partial charge in [0.2, 0.25) is 11.9 Å². The van der Waals surface area contributed by atoms with Crippen LogP contribution in [-0.2, 0) is 53.0 Å². The van der Waals surface area contributed by atoms with E-state index in [0.717, 1.165) is 16.7 Å². The normalized spacial score (nSPS) is 27.9. The highest BCUT2D eigenvalue weighted by Gasteiger charge is 2.74. The van der Waals surface area contributed by atoms with E-state index in [4.69, 9.17) is 28.4 Å². The lowest BCUT2D eigenvalue weighted by molar-refractivity contribution is -0.294. The summed E-state index contributed by atoms with van der Waals surface area (Å²) in [5, 5.41) is 0. The lowest BCUT2D eigenvalue weighted by Crippen LogP contribution is -2.62. The standard InChI is InChI=1S/C33H38O7/c1-23-27(35-20-24-14-8-5-9-15-24)28(36-21-25-16-10-6-11-17-25)29(37-22-26-18-12-7-13-19-26)33(38-23)30(39-33)31(34)40-32(2,3)4/h5-19,23,27-30H,20-22H2,1-4H3/t23-,27+,28+,29-,30-,33-/m0/s1. The fourth-order valence-corrected chi connectivity index (χ4v) is 5.03. The van der Waals surface area contributed by atoms with Gasteiger partial charge in [-0.1, -0.05) is 91.0 Å². The van der Waals surface area contributed by atoms with Crippen LogP contribution >= 0.6 is 0 Å². The Hall–Kier alpha value is -3.07. The van der Waals surface area contributed by atoms with Crippen LogP contribution < -0.4 is 0 Å². The van der Waals surface area contributed by atoms with Gasteiger partial charge in [0.25, 0.3) is 0 Å². The molecule has 7 nitrogen and oxygen atoms in total. The summed E-state index contributed by atoms with van der Waals surface area (Å²) in [5.41, 5.74) is 2.36. The minimum absolute atomic E-state index is 0.284. The van der Waals surface area contributed by atoms with Gasteiger partial charge in [0.1, 0.15) is 23.9 Å². The Morgan fingerprint density at radius 1 is 0.700 bits per heavy atom. The Labute approximate surface area is 236 Å². The van der Waals surface area contributed by atoms with Crippen LogP contribution in [0.2, 0.25) is 0 Å². The zero-order chi connectivity index (χ0) is 28.2. The first-order chi connectivity index (χ1) is 19.2. The van der Waals surface area contributed by atoms with Gasteiger partial charge in [-0.2, -0.15) is 0 Å². The van der Waals surface area contributed by atoms with Crippen LogP contribution in [0.1, 0.15) is 44.4 Å². The van der Waals surface area contributed by atoms with Crippen molar-refractivity contribution in [3.8, 4) is 0 Å². The molecule has 2 saturated heterocycles. The maximum Gasteiger partial charge on any atom is 0.341 e. The molecule has 2 aliphatic rings. The molecule has 0 aromatic heterocycles. The molecule has 6 atom stereocenters. The molecule has 0 amide bonds. The molecule has 0 bridgehead atoms. The van der Waals surface area contributed by atoms with E-state index in [9.17, 15) is 4.79 Å². The summed E-state index contributed by atoms with van der Waals surface area (Å²) in [4.78, 5) is 13.1. The van der Waals surface area contributed by atoms with Crippen LogP contribution in [0.5, 0.6) is 0 Å². The largest absolute Gasteiger partial charge is 0.458 e. The molecule has 40 heavy (non-hydrogen) atoms. The highest BCUT2D eigenvalue weighted by Crippen LogP contribution is 2.50. The second kappa shape index (κ2) is 12.2. The molecule has 2 heterocycles. The Bertz CT molecular complexity index is 1230. The molecular weight excluding hydrogens is 508 g/mol. The van der Waals surface area contributed by atoms with Crippen molar-refractivity contribution in [1.29, 1.82) is 0 Å². The first kappa shape index (κ1) is 28.5. The van der Waals surface area contributed by atoms with Crippen molar-refractivity contribution >= 4 is 5.97 Å². The number of benzene rings is 3. The van der Waals surface area contributed by atoms with Gasteiger partial charge in [-0.25, -0.2) is 4.79 Å². The first-order valence-corrected chi connectivity index (χ1v) is 13.8. The number of ether oxygens (including phenoxy) is 6. The van der Waals surface area contributed by atoms with Crippen molar-refractivity contribution in [1.82, 2.24) is 0 Å². The molecule has 1 spiro atoms. The van der Waals surface area contributed by atoms with Gasteiger partial charge >= 0.3 is 5.97 Å². The van der Waals surface area contributed by atoms with Crippen molar-refractivity contribution in [2.45, 2.75) is 89.4 Å². The molecule has 7 heteroatoms. The molecule has 3 aromatic rings. The predicted molar refractivity (Wildman–Crippen MR) is 149 cm³/mol. The van der Waals surface area contributed by atoms with Crippen LogP contribution in [-0.4, -0.2) is 47.9 Å². The second-order valence-electron chi connectivity index (χ2n) is 11.3. The minimum atomic E-state index is -1.34. The summed E-state index contributed by atoms with van der Waals surface area (Å²) >= 11 is 0. The number of epoxide rings is 1. The van der Waals surface area contributed by atoms with E-state index in [1.807, 2.05) is 119 Å². The van der Waals surface area contributed by atoms with Crippen LogP contribution in [0.3, 0.4) is 0 Å². The fourth-order valence-electron chi connectivity index (χ4n) is 5.03. The van der Waals surface area contributed by atoms with Crippen LogP contribution in [0.4, 0.5) is 0 Å². The Kier molecular flexibility index (Phi) is 8.68. The number of hydrogen-bond acceptors (Lipinski definition) is 7. The maximum atomic E-state index is 13.1. The second-order valence-corrected chi connectivity index (χ2v) is 11.3. The molecule has 0 saturated carbocycles.